The highest BCUT2D eigenvalue weighted by atomic mass is 16.4. The first-order valence-corrected chi connectivity index (χ1v) is 7.01. The third kappa shape index (κ3) is 8.46. The Balaban J connectivity index is 4.00. The molecule has 5 heteroatoms. The number of rotatable bonds is 8. The Morgan fingerprint density at radius 1 is 1.05 bits per heavy atom. The van der Waals surface area contributed by atoms with Gasteiger partial charge in [0.2, 0.25) is 0 Å². The number of carbonyl (C=O) groups is 2. The molecule has 0 spiro atoms. The van der Waals surface area contributed by atoms with Crippen molar-refractivity contribution in [3.8, 4) is 0 Å². The zero-order chi connectivity index (χ0) is 15.0. The van der Waals surface area contributed by atoms with Crippen molar-refractivity contribution in [2.24, 2.45) is 17.8 Å². The van der Waals surface area contributed by atoms with E-state index in [-0.39, 0.29) is 24.5 Å². The SMILES string of the molecule is CC(C)CCC(C)NC(=O)NCC(C(=O)O)C(C)C. The van der Waals surface area contributed by atoms with Gasteiger partial charge in [0.1, 0.15) is 0 Å². The van der Waals surface area contributed by atoms with E-state index in [0.29, 0.717) is 5.92 Å². The summed E-state index contributed by atoms with van der Waals surface area (Å²) < 4.78 is 0. The quantitative estimate of drug-likeness (QED) is 0.635. The number of nitrogens with one attached hydrogen (secondary N) is 2. The predicted octanol–water partition coefficient (Wildman–Crippen LogP) is 2.47. The highest BCUT2D eigenvalue weighted by Gasteiger charge is 2.22. The lowest BCUT2D eigenvalue weighted by Gasteiger charge is -2.19. The van der Waals surface area contributed by atoms with Crippen molar-refractivity contribution < 1.29 is 14.7 Å². The summed E-state index contributed by atoms with van der Waals surface area (Å²) in [6.45, 7) is 10.1. The highest BCUT2D eigenvalue weighted by molar-refractivity contribution is 5.76. The van der Waals surface area contributed by atoms with Crippen LogP contribution in [0.25, 0.3) is 0 Å². The maximum Gasteiger partial charge on any atom is 0.315 e. The van der Waals surface area contributed by atoms with Crippen LogP contribution in [0.5, 0.6) is 0 Å². The number of hydrogen-bond donors (Lipinski definition) is 3. The molecule has 0 aliphatic rings. The van der Waals surface area contributed by atoms with E-state index in [1.54, 1.807) is 0 Å². The first-order chi connectivity index (χ1) is 8.73. The molecule has 0 aromatic carbocycles. The molecule has 3 N–H and O–H groups in total. The van der Waals surface area contributed by atoms with Crippen molar-refractivity contribution >= 4 is 12.0 Å². The molecule has 0 heterocycles. The van der Waals surface area contributed by atoms with Gasteiger partial charge in [-0.05, 0) is 31.6 Å². The maximum atomic E-state index is 11.6. The van der Waals surface area contributed by atoms with Crippen LogP contribution in [0.3, 0.4) is 0 Å². The van der Waals surface area contributed by atoms with E-state index in [0.717, 1.165) is 12.8 Å². The van der Waals surface area contributed by atoms with Crippen LogP contribution >= 0.6 is 0 Å². The minimum absolute atomic E-state index is 0.00355. The van der Waals surface area contributed by atoms with Crippen LogP contribution in [0, 0.1) is 17.8 Å². The van der Waals surface area contributed by atoms with Gasteiger partial charge >= 0.3 is 12.0 Å². The van der Waals surface area contributed by atoms with Crippen LogP contribution in [0.1, 0.15) is 47.5 Å². The molecule has 0 saturated carbocycles. The van der Waals surface area contributed by atoms with E-state index in [9.17, 15) is 9.59 Å². The van der Waals surface area contributed by atoms with Gasteiger partial charge in [-0.2, -0.15) is 0 Å². The summed E-state index contributed by atoms with van der Waals surface area (Å²) in [7, 11) is 0. The minimum Gasteiger partial charge on any atom is -0.481 e. The number of amides is 2. The molecule has 112 valence electrons. The van der Waals surface area contributed by atoms with E-state index in [4.69, 9.17) is 5.11 Å². The molecule has 0 aromatic rings. The largest absolute Gasteiger partial charge is 0.481 e. The average Bonchev–Trinajstić information content (AvgIpc) is 2.25. The van der Waals surface area contributed by atoms with Crippen molar-refractivity contribution in [3.05, 3.63) is 0 Å². The van der Waals surface area contributed by atoms with Gasteiger partial charge in [-0.1, -0.05) is 27.7 Å². The van der Waals surface area contributed by atoms with Gasteiger partial charge in [0, 0.05) is 12.6 Å². The van der Waals surface area contributed by atoms with Gasteiger partial charge < -0.3 is 15.7 Å². The fourth-order valence-electron chi connectivity index (χ4n) is 1.74. The van der Waals surface area contributed by atoms with Gasteiger partial charge in [-0.3, -0.25) is 4.79 Å². The summed E-state index contributed by atoms with van der Waals surface area (Å²) in [6, 6.07) is -0.187. The van der Waals surface area contributed by atoms with Gasteiger partial charge in [0.25, 0.3) is 0 Å². The summed E-state index contributed by atoms with van der Waals surface area (Å²) in [4.78, 5) is 22.6. The molecule has 2 atom stereocenters. The number of carboxylic acid groups (broad SMARTS) is 1. The lowest BCUT2D eigenvalue weighted by molar-refractivity contribution is -0.142. The van der Waals surface area contributed by atoms with Gasteiger partial charge in [-0.25, -0.2) is 4.79 Å². The fourth-order valence-corrected chi connectivity index (χ4v) is 1.74. The maximum absolute atomic E-state index is 11.6. The summed E-state index contributed by atoms with van der Waals surface area (Å²) in [5.74, 6) is -0.805. The second-order valence-electron chi connectivity index (χ2n) is 5.92. The molecule has 19 heavy (non-hydrogen) atoms. The molecule has 0 aliphatic heterocycles. The summed E-state index contributed by atoms with van der Waals surface area (Å²) in [6.07, 6.45) is 1.99. The summed E-state index contributed by atoms with van der Waals surface area (Å²) in [5, 5.41) is 14.5. The Kier molecular flexibility index (Phi) is 8.19. The van der Waals surface area contributed by atoms with Crippen molar-refractivity contribution in [1.82, 2.24) is 10.6 Å². The van der Waals surface area contributed by atoms with Crippen LogP contribution in [0.15, 0.2) is 0 Å². The lowest BCUT2D eigenvalue weighted by atomic mass is 9.96. The van der Waals surface area contributed by atoms with E-state index >= 15 is 0 Å². The Morgan fingerprint density at radius 2 is 1.63 bits per heavy atom. The van der Waals surface area contributed by atoms with Gasteiger partial charge in [0.15, 0.2) is 0 Å². The molecule has 2 amide bonds. The van der Waals surface area contributed by atoms with Crippen LogP contribution in [0.2, 0.25) is 0 Å². The van der Waals surface area contributed by atoms with E-state index in [2.05, 4.69) is 24.5 Å². The first-order valence-electron chi connectivity index (χ1n) is 7.01. The van der Waals surface area contributed by atoms with E-state index < -0.39 is 11.9 Å². The smallest absolute Gasteiger partial charge is 0.315 e. The molecule has 0 aliphatic carbocycles. The zero-order valence-corrected chi connectivity index (χ0v) is 12.7. The van der Waals surface area contributed by atoms with Crippen LogP contribution in [0.4, 0.5) is 4.79 Å². The fraction of sp³-hybridized carbons (Fsp3) is 0.857. The van der Waals surface area contributed by atoms with Gasteiger partial charge in [-0.15, -0.1) is 0 Å². The zero-order valence-electron chi connectivity index (χ0n) is 12.7. The monoisotopic (exact) mass is 272 g/mol. The summed E-state index contributed by atoms with van der Waals surface area (Å²) >= 11 is 0. The molecule has 5 nitrogen and oxygen atoms in total. The number of aliphatic carboxylic acids is 1. The number of carbonyl (C=O) groups excluding carboxylic acids is 1. The second kappa shape index (κ2) is 8.77. The normalized spacial score (nSPS) is 14.3. The van der Waals surface area contributed by atoms with E-state index in [1.807, 2.05) is 20.8 Å². The molecule has 0 rings (SSSR count). The molecule has 0 bridgehead atoms. The summed E-state index contributed by atoms with van der Waals surface area (Å²) in [5.41, 5.74) is 0. The number of urea groups is 1. The minimum atomic E-state index is -0.872. The Hall–Kier alpha value is -1.26. The lowest BCUT2D eigenvalue weighted by Crippen LogP contribution is -2.44. The van der Waals surface area contributed by atoms with Crippen molar-refractivity contribution in [3.63, 3.8) is 0 Å². The Morgan fingerprint density at radius 3 is 2.05 bits per heavy atom. The Labute approximate surface area is 116 Å². The third-order valence-electron chi connectivity index (χ3n) is 3.16. The van der Waals surface area contributed by atoms with Crippen molar-refractivity contribution in [1.29, 1.82) is 0 Å². The van der Waals surface area contributed by atoms with Crippen LogP contribution < -0.4 is 10.6 Å². The standard InChI is InChI=1S/C14H28N2O3/c1-9(2)6-7-11(5)16-14(19)15-8-12(10(3)4)13(17)18/h9-12H,6-8H2,1-5H3,(H,17,18)(H2,15,16,19). The predicted molar refractivity (Wildman–Crippen MR) is 76.0 cm³/mol. The highest BCUT2D eigenvalue weighted by Crippen LogP contribution is 2.09. The van der Waals surface area contributed by atoms with Crippen molar-refractivity contribution in [2.75, 3.05) is 6.54 Å². The van der Waals surface area contributed by atoms with Crippen LogP contribution in [-0.4, -0.2) is 29.7 Å². The molecular formula is C14H28N2O3. The average molecular weight is 272 g/mol. The first kappa shape index (κ1) is 17.7. The molecule has 0 aromatic heterocycles. The second-order valence-corrected chi connectivity index (χ2v) is 5.92. The van der Waals surface area contributed by atoms with Crippen molar-refractivity contribution in [2.45, 2.75) is 53.5 Å². The molecule has 2 unspecified atom stereocenters. The molecule has 0 saturated heterocycles. The molecule has 0 fully saturated rings. The van der Waals surface area contributed by atoms with Crippen LogP contribution in [-0.2, 0) is 4.79 Å². The Bertz CT molecular complexity index is 290. The molecule has 0 radical (unpaired) electrons. The number of carboxylic acids is 1. The topological polar surface area (TPSA) is 78.4 Å². The van der Waals surface area contributed by atoms with E-state index in [1.165, 1.54) is 0 Å². The third-order valence-corrected chi connectivity index (χ3v) is 3.16. The number of hydrogen-bond acceptors (Lipinski definition) is 2. The van der Waals surface area contributed by atoms with Gasteiger partial charge in [0.05, 0.1) is 5.92 Å². The molecular weight excluding hydrogens is 244 g/mol.